The second-order valence-electron chi connectivity index (χ2n) is 6.79. The van der Waals surface area contributed by atoms with Crippen molar-refractivity contribution in [3.05, 3.63) is 77.6 Å². The second kappa shape index (κ2) is 7.20. The first-order valence-corrected chi connectivity index (χ1v) is 9.02. The van der Waals surface area contributed by atoms with Crippen molar-refractivity contribution in [3.8, 4) is 11.1 Å². The summed E-state index contributed by atoms with van der Waals surface area (Å²) in [6, 6.07) is 9.33. The van der Waals surface area contributed by atoms with Crippen LogP contribution >= 0.6 is 0 Å². The van der Waals surface area contributed by atoms with E-state index in [-0.39, 0.29) is 5.78 Å². The largest absolute Gasteiger partial charge is 0.366 e. The summed E-state index contributed by atoms with van der Waals surface area (Å²) < 4.78 is 1.78. The molecule has 0 aliphatic heterocycles. The number of nitrogens with one attached hydrogen (secondary N) is 1. The van der Waals surface area contributed by atoms with Crippen LogP contribution in [0.2, 0.25) is 0 Å². The van der Waals surface area contributed by atoms with Crippen molar-refractivity contribution in [2.45, 2.75) is 6.92 Å². The van der Waals surface area contributed by atoms with E-state index >= 15 is 0 Å². The third-order valence-electron chi connectivity index (χ3n) is 4.89. The molecule has 4 rings (SSSR count). The Morgan fingerprint density at radius 1 is 1.10 bits per heavy atom. The van der Waals surface area contributed by atoms with Crippen LogP contribution in [0, 0.1) is 6.92 Å². The fourth-order valence-electron chi connectivity index (χ4n) is 3.14. The van der Waals surface area contributed by atoms with E-state index in [2.05, 4.69) is 15.0 Å². The summed E-state index contributed by atoms with van der Waals surface area (Å²) in [4.78, 5) is 35.4. The summed E-state index contributed by atoms with van der Waals surface area (Å²) in [5.74, 6) is -0.214. The minimum atomic E-state index is -0.508. The molecular formula is C22H19N5O2. The molecule has 0 saturated heterocycles. The molecule has 0 atom stereocenters. The van der Waals surface area contributed by atoms with Gasteiger partial charge in [0.25, 0.3) is 0 Å². The number of imidazole rings is 1. The molecule has 0 fully saturated rings. The Balaban J connectivity index is 1.66. The minimum Gasteiger partial charge on any atom is -0.366 e. The number of ketones is 1. The number of fused-ring (bicyclic) bond motifs is 1. The van der Waals surface area contributed by atoms with Gasteiger partial charge in [0.05, 0.1) is 0 Å². The lowest BCUT2D eigenvalue weighted by Gasteiger charge is -2.05. The third-order valence-corrected chi connectivity index (χ3v) is 4.89. The number of hydrogen-bond donors (Lipinski definition) is 2. The number of aromatic nitrogens is 4. The molecule has 3 heterocycles. The molecule has 7 nitrogen and oxygen atoms in total. The van der Waals surface area contributed by atoms with Crippen molar-refractivity contribution in [1.82, 2.24) is 19.5 Å². The minimum absolute atomic E-state index is 0.120. The van der Waals surface area contributed by atoms with E-state index in [0.29, 0.717) is 11.4 Å². The quantitative estimate of drug-likeness (QED) is 0.407. The zero-order valence-electron chi connectivity index (χ0n) is 16.0. The molecule has 0 spiro atoms. The number of carbonyl (C=O) groups is 2. The summed E-state index contributed by atoms with van der Waals surface area (Å²) in [6.07, 6.45) is 8.19. The first kappa shape index (κ1) is 18.4. The smallest absolute Gasteiger partial charge is 0.241 e. The Hall–Kier alpha value is -4.00. The van der Waals surface area contributed by atoms with Gasteiger partial charge in [-0.2, -0.15) is 0 Å². The molecule has 0 radical (unpaired) electrons. The number of primary amides is 1. The van der Waals surface area contributed by atoms with Crippen molar-refractivity contribution in [2.75, 3.05) is 0 Å². The zero-order valence-corrected chi connectivity index (χ0v) is 16.0. The molecule has 0 aliphatic rings. The van der Waals surface area contributed by atoms with Crippen LogP contribution in [0.3, 0.4) is 0 Å². The number of rotatable bonds is 5. The molecule has 4 aromatic rings. The van der Waals surface area contributed by atoms with E-state index in [0.717, 1.165) is 33.4 Å². The third kappa shape index (κ3) is 3.45. The molecule has 3 N–H and O–H groups in total. The van der Waals surface area contributed by atoms with Gasteiger partial charge >= 0.3 is 0 Å². The normalized spacial score (nSPS) is 11.4. The molecule has 144 valence electrons. The first-order valence-electron chi connectivity index (χ1n) is 9.02. The lowest BCUT2D eigenvalue weighted by Crippen LogP contribution is -2.09. The molecule has 29 heavy (non-hydrogen) atoms. The van der Waals surface area contributed by atoms with Gasteiger partial charge in [-0.25, -0.2) is 9.97 Å². The van der Waals surface area contributed by atoms with E-state index in [4.69, 9.17) is 5.73 Å². The van der Waals surface area contributed by atoms with Gasteiger partial charge in [0.15, 0.2) is 5.82 Å². The highest BCUT2D eigenvalue weighted by Crippen LogP contribution is 2.26. The van der Waals surface area contributed by atoms with Crippen molar-refractivity contribution in [1.29, 1.82) is 0 Å². The van der Waals surface area contributed by atoms with E-state index < -0.39 is 5.91 Å². The number of nitrogens with zero attached hydrogens (tertiary/aromatic N) is 3. The van der Waals surface area contributed by atoms with Crippen LogP contribution in [0.5, 0.6) is 0 Å². The fourth-order valence-corrected chi connectivity index (χ4v) is 3.14. The summed E-state index contributed by atoms with van der Waals surface area (Å²) in [6.45, 7) is 1.91. The summed E-state index contributed by atoms with van der Waals surface area (Å²) in [7, 11) is 1.83. The van der Waals surface area contributed by atoms with Crippen LogP contribution in [-0.4, -0.2) is 31.2 Å². The van der Waals surface area contributed by atoms with Crippen LogP contribution in [0.4, 0.5) is 0 Å². The highest BCUT2D eigenvalue weighted by atomic mass is 16.1. The second-order valence-corrected chi connectivity index (χ2v) is 6.79. The van der Waals surface area contributed by atoms with Gasteiger partial charge in [0.1, 0.15) is 5.65 Å². The number of H-pyrrole nitrogens is 1. The molecule has 1 amide bonds. The molecule has 0 aliphatic carbocycles. The number of amides is 1. The lowest BCUT2D eigenvalue weighted by molar-refractivity contribution is -0.113. The highest BCUT2D eigenvalue weighted by Gasteiger charge is 2.15. The number of nitrogens with two attached hydrogens (primary N) is 1. The molecular weight excluding hydrogens is 366 g/mol. The van der Waals surface area contributed by atoms with Crippen LogP contribution < -0.4 is 5.73 Å². The monoisotopic (exact) mass is 385 g/mol. The molecule has 0 bridgehead atoms. The van der Waals surface area contributed by atoms with Crippen molar-refractivity contribution in [3.63, 3.8) is 0 Å². The van der Waals surface area contributed by atoms with Gasteiger partial charge in [0, 0.05) is 59.5 Å². The Labute approximate surface area is 166 Å². The van der Waals surface area contributed by atoms with Gasteiger partial charge < -0.3 is 15.3 Å². The standard InChI is InChI=1S/C22H19N5O2/c1-13-10-26-22(27(13)2)20(29)15-5-3-14(4-6-15)17-9-18-16(7-8-19(23)28)11-24-21(18)25-12-17/h3-12H,1-2H3,(H2,23,28)(H,24,25)/b8-7+. The summed E-state index contributed by atoms with van der Waals surface area (Å²) in [5, 5.41) is 0.878. The van der Waals surface area contributed by atoms with Gasteiger partial charge in [-0.15, -0.1) is 0 Å². The molecule has 3 aromatic heterocycles. The maximum absolute atomic E-state index is 12.7. The summed E-state index contributed by atoms with van der Waals surface area (Å²) in [5.41, 5.74) is 10.1. The Morgan fingerprint density at radius 2 is 1.86 bits per heavy atom. The lowest BCUT2D eigenvalue weighted by atomic mass is 10.0. The number of benzene rings is 1. The van der Waals surface area contributed by atoms with Crippen molar-refractivity contribution in [2.24, 2.45) is 12.8 Å². The van der Waals surface area contributed by atoms with Crippen molar-refractivity contribution < 1.29 is 9.59 Å². The SMILES string of the molecule is Cc1cnc(C(=O)c2ccc(-c3cnc4[nH]cc(/C=C/C(N)=O)c4c3)cc2)n1C. The maximum Gasteiger partial charge on any atom is 0.241 e. The first-order chi connectivity index (χ1) is 13.9. The predicted octanol–water partition coefficient (Wildman–Crippen LogP) is 3.00. The van der Waals surface area contributed by atoms with Gasteiger partial charge in [-0.3, -0.25) is 9.59 Å². The van der Waals surface area contributed by atoms with Crippen LogP contribution in [0.25, 0.3) is 28.2 Å². The molecule has 0 saturated carbocycles. The zero-order chi connectivity index (χ0) is 20.5. The van der Waals surface area contributed by atoms with Gasteiger partial charge in [0.2, 0.25) is 11.7 Å². The van der Waals surface area contributed by atoms with Crippen LogP contribution in [0.1, 0.15) is 27.4 Å². The Bertz CT molecular complexity index is 1260. The van der Waals surface area contributed by atoms with Crippen LogP contribution in [0.15, 0.2) is 55.0 Å². The van der Waals surface area contributed by atoms with Crippen molar-refractivity contribution >= 4 is 28.8 Å². The fraction of sp³-hybridized carbons (Fsp3) is 0.0909. The molecule has 0 unspecified atom stereocenters. The topological polar surface area (TPSA) is 107 Å². The average Bonchev–Trinajstić information content (AvgIpc) is 3.28. The average molecular weight is 385 g/mol. The van der Waals surface area contributed by atoms with Crippen LogP contribution in [-0.2, 0) is 11.8 Å². The van der Waals surface area contributed by atoms with Gasteiger partial charge in [-0.05, 0) is 24.6 Å². The van der Waals surface area contributed by atoms with E-state index in [1.807, 2.05) is 32.2 Å². The van der Waals surface area contributed by atoms with Gasteiger partial charge in [-0.1, -0.05) is 24.3 Å². The highest BCUT2D eigenvalue weighted by molar-refractivity contribution is 6.07. The molecule has 7 heteroatoms. The molecule has 1 aromatic carbocycles. The van der Waals surface area contributed by atoms with E-state index in [1.54, 1.807) is 41.4 Å². The number of aryl methyl sites for hydroxylation is 1. The number of pyridine rings is 1. The Morgan fingerprint density at radius 3 is 2.52 bits per heavy atom. The van der Waals surface area contributed by atoms with E-state index in [9.17, 15) is 9.59 Å². The number of carbonyl (C=O) groups excluding carboxylic acids is 2. The summed E-state index contributed by atoms with van der Waals surface area (Å²) >= 11 is 0. The number of hydrogen-bond acceptors (Lipinski definition) is 4. The Kier molecular flexibility index (Phi) is 4.56. The number of aromatic amines is 1. The predicted molar refractivity (Wildman–Crippen MR) is 111 cm³/mol. The maximum atomic E-state index is 12.7. The van der Waals surface area contributed by atoms with E-state index in [1.165, 1.54) is 6.08 Å².